The van der Waals surface area contributed by atoms with Crippen molar-refractivity contribution in [2.24, 2.45) is 19.9 Å². The maximum Gasteiger partial charge on any atom is 0.332 e. The molecule has 0 aliphatic carbocycles. The molecule has 2 aromatic heterocycles. The van der Waals surface area contributed by atoms with Crippen LogP contribution in [0.3, 0.4) is 0 Å². The molecule has 1 aromatic carbocycles. The Hall–Kier alpha value is -2.87. The van der Waals surface area contributed by atoms with Crippen LogP contribution in [0, 0.1) is 0 Å². The first-order valence-electron chi connectivity index (χ1n) is 7.21. The number of rotatable bonds is 4. The lowest BCUT2D eigenvalue weighted by molar-refractivity contribution is 0.687. The van der Waals surface area contributed by atoms with E-state index in [1.807, 2.05) is 30.3 Å². The molecule has 0 aliphatic rings. The molecule has 0 unspecified atom stereocenters. The Morgan fingerprint density at radius 2 is 1.83 bits per heavy atom. The molecule has 3 N–H and O–H groups in total. The predicted octanol–water partition coefficient (Wildman–Crippen LogP) is -0.0380. The molecule has 0 saturated heterocycles. The Morgan fingerprint density at radius 1 is 1.13 bits per heavy atom. The highest BCUT2D eigenvalue weighted by Crippen LogP contribution is 2.15. The van der Waals surface area contributed by atoms with E-state index >= 15 is 0 Å². The molecule has 0 aliphatic heterocycles. The summed E-state index contributed by atoms with van der Waals surface area (Å²) in [5.74, 6) is 5.89. The van der Waals surface area contributed by atoms with Crippen LogP contribution in [0.5, 0.6) is 0 Å². The second-order valence-corrected chi connectivity index (χ2v) is 5.34. The number of nitrogens with two attached hydrogens (primary N) is 1. The largest absolute Gasteiger partial charge is 0.332 e. The fourth-order valence-electron chi connectivity index (χ4n) is 2.66. The minimum absolute atomic E-state index is 0.319. The van der Waals surface area contributed by atoms with Gasteiger partial charge in [-0.05, 0) is 12.0 Å². The summed E-state index contributed by atoms with van der Waals surface area (Å²) < 4.78 is 4.13. The number of hydrogen-bond donors (Lipinski definition) is 2. The molecule has 2 heterocycles. The van der Waals surface area contributed by atoms with Crippen molar-refractivity contribution in [1.82, 2.24) is 18.7 Å². The lowest BCUT2D eigenvalue weighted by atomic mass is 10.1. The van der Waals surface area contributed by atoms with E-state index in [1.54, 1.807) is 11.6 Å². The monoisotopic (exact) mass is 314 g/mol. The number of nitrogen functional groups attached to an aromatic ring is 1. The first-order chi connectivity index (χ1) is 11.0. The number of hydrogen-bond acceptors (Lipinski definition) is 5. The summed E-state index contributed by atoms with van der Waals surface area (Å²) in [5.41, 5.74) is 3.52. The van der Waals surface area contributed by atoms with Crippen LogP contribution in [0.15, 0.2) is 39.9 Å². The van der Waals surface area contributed by atoms with E-state index in [-0.39, 0.29) is 5.56 Å². The van der Waals surface area contributed by atoms with Crippen molar-refractivity contribution in [3.63, 3.8) is 0 Å². The number of nitrogens with zero attached hydrogens (tertiary/aromatic N) is 4. The van der Waals surface area contributed by atoms with Crippen LogP contribution < -0.4 is 22.5 Å². The van der Waals surface area contributed by atoms with E-state index in [0.717, 1.165) is 10.1 Å². The fourth-order valence-corrected chi connectivity index (χ4v) is 2.66. The first-order valence-corrected chi connectivity index (χ1v) is 7.21. The van der Waals surface area contributed by atoms with Gasteiger partial charge in [-0.3, -0.25) is 19.4 Å². The molecular formula is C15H18N6O2. The van der Waals surface area contributed by atoms with E-state index in [2.05, 4.69) is 10.4 Å². The summed E-state index contributed by atoms with van der Waals surface area (Å²) in [6, 6.07) is 9.91. The van der Waals surface area contributed by atoms with Gasteiger partial charge < -0.3 is 4.57 Å². The van der Waals surface area contributed by atoms with Crippen LogP contribution >= 0.6 is 0 Å². The van der Waals surface area contributed by atoms with Crippen molar-refractivity contribution in [3.05, 3.63) is 56.7 Å². The lowest BCUT2D eigenvalue weighted by Gasteiger charge is -2.09. The Labute approximate surface area is 131 Å². The van der Waals surface area contributed by atoms with Gasteiger partial charge in [0, 0.05) is 20.6 Å². The van der Waals surface area contributed by atoms with Crippen molar-refractivity contribution < 1.29 is 0 Å². The standard InChI is InChI=1S/C15H18N6O2/c1-19-12-11(13(22)20(2)15(19)23)21(14(17-12)18-16)9-8-10-6-4-3-5-7-10/h3-7H,8-9,16H2,1-2H3,(H,17,18). The highest BCUT2D eigenvalue weighted by Gasteiger charge is 2.18. The summed E-state index contributed by atoms with van der Waals surface area (Å²) in [7, 11) is 3.03. The van der Waals surface area contributed by atoms with E-state index in [4.69, 9.17) is 5.84 Å². The molecule has 3 rings (SSSR count). The normalized spacial score (nSPS) is 11.1. The van der Waals surface area contributed by atoms with E-state index in [0.29, 0.717) is 30.1 Å². The number of aromatic nitrogens is 4. The molecule has 0 saturated carbocycles. The molecule has 0 amide bonds. The fraction of sp³-hybridized carbons (Fsp3) is 0.267. The first kappa shape index (κ1) is 15.0. The van der Waals surface area contributed by atoms with Gasteiger partial charge in [0.05, 0.1) is 0 Å². The van der Waals surface area contributed by atoms with E-state index in [9.17, 15) is 9.59 Å². The highest BCUT2D eigenvalue weighted by atomic mass is 16.2. The predicted molar refractivity (Wildman–Crippen MR) is 88.2 cm³/mol. The average Bonchev–Trinajstić information content (AvgIpc) is 2.96. The van der Waals surface area contributed by atoms with Gasteiger partial charge >= 0.3 is 5.69 Å². The SMILES string of the molecule is Cn1c(=O)c2c(nc(NN)n2CCc2ccccc2)n(C)c1=O. The number of hydrazine groups is 1. The third kappa shape index (κ3) is 2.42. The molecule has 0 atom stereocenters. The van der Waals surface area contributed by atoms with E-state index in [1.165, 1.54) is 11.6 Å². The average molecular weight is 314 g/mol. The third-order valence-electron chi connectivity index (χ3n) is 3.94. The third-order valence-corrected chi connectivity index (χ3v) is 3.94. The molecule has 0 radical (unpaired) electrons. The van der Waals surface area contributed by atoms with Gasteiger partial charge in [-0.25, -0.2) is 10.6 Å². The number of aryl methyl sites for hydroxylation is 3. The second kappa shape index (κ2) is 5.73. The molecule has 0 fully saturated rings. The minimum atomic E-state index is -0.418. The summed E-state index contributed by atoms with van der Waals surface area (Å²) in [5, 5.41) is 0. The van der Waals surface area contributed by atoms with Gasteiger partial charge in [-0.1, -0.05) is 30.3 Å². The smallest absolute Gasteiger partial charge is 0.303 e. The van der Waals surface area contributed by atoms with Crippen molar-refractivity contribution in [2.45, 2.75) is 13.0 Å². The number of anilines is 1. The topological polar surface area (TPSA) is 99.9 Å². The van der Waals surface area contributed by atoms with Crippen molar-refractivity contribution >= 4 is 17.1 Å². The van der Waals surface area contributed by atoms with Gasteiger partial charge in [0.15, 0.2) is 11.2 Å². The Balaban J connectivity index is 2.15. The molecule has 3 aromatic rings. The zero-order chi connectivity index (χ0) is 16.6. The number of imidazole rings is 1. The molecule has 120 valence electrons. The summed E-state index contributed by atoms with van der Waals surface area (Å²) in [6.45, 7) is 0.521. The van der Waals surface area contributed by atoms with Crippen LogP contribution in [0.2, 0.25) is 0 Å². The zero-order valence-electron chi connectivity index (χ0n) is 13.0. The Bertz CT molecular complexity index is 968. The minimum Gasteiger partial charge on any atom is -0.303 e. The molecule has 23 heavy (non-hydrogen) atoms. The van der Waals surface area contributed by atoms with Crippen LogP contribution in [0.4, 0.5) is 5.95 Å². The number of benzene rings is 1. The van der Waals surface area contributed by atoms with Gasteiger partial charge in [0.1, 0.15) is 0 Å². The molecule has 8 heteroatoms. The molecule has 8 nitrogen and oxygen atoms in total. The lowest BCUT2D eigenvalue weighted by Crippen LogP contribution is -2.37. The van der Waals surface area contributed by atoms with E-state index < -0.39 is 5.69 Å². The number of fused-ring (bicyclic) bond motifs is 1. The van der Waals surface area contributed by atoms with Crippen LogP contribution in [-0.4, -0.2) is 18.7 Å². The Kier molecular flexibility index (Phi) is 3.75. The maximum atomic E-state index is 12.5. The summed E-state index contributed by atoms with van der Waals surface area (Å²) in [6.07, 6.45) is 0.715. The number of nitrogens with one attached hydrogen (secondary N) is 1. The molecule has 0 spiro atoms. The van der Waals surface area contributed by atoms with Crippen LogP contribution in [-0.2, 0) is 27.1 Å². The second-order valence-electron chi connectivity index (χ2n) is 5.34. The quantitative estimate of drug-likeness (QED) is 0.520. The van der Waals surface area contributed by atoms with Gasteiger partial charge in [0.25, 0.3) is 5.56 Å². The van der Waals surface area contributed by atoms with Crippen molar-refractivity contribution in [1.29, 1.82) is 0 Å². The van der Waals surface area contributed by atoms with Gasteiger partial charge in [-0.15, -0.1) is 0 Å². The molecule has 0 bridgehead atoms. The van der Waals surface area contributed by atoms with Gasteiger partial charge in [-0.2, -0.15) is 4.98 Å². The molecular weight excluding hydrogens is 296 g/mol. The van der Waals surface area contributed by atoms with Crippen LogP contribution in [0.1, 0.15) is 5.56 Å². The van der Waals surface area contributed by atoms with Crippen molar-refractivity contribution in [3.8, 4) is 0 Å². The Morgan fingerprint density at radius 3 is 2.48 bits per heavy atom. The van der Waals surface area contributed by atoms with Gasteiger partial charge in [0.2, 0.25) is 5.95 Å². The van der Waals surface area contributed by atoms with Crippen molar-refractivity contribution in [2.75, 3.05) is 5.43 Å². The van der Waals surface area contributed by atoms with Crippen LogP contribution in [0.25, 0.3) is 11.2 Å². The zero-order valence-corrected chi connectivity index (χ0v) is 13.0. The maximum absolute atomic E-state index is 12.5. The summed E-state index contributed by atoms with van der Waals surface area (Å²) in [4.78, 5) is 28.8. The highest BCUT2D eigenvalue weighted by molar-refractivity contribution is 5.74. The summed E-state index contributed by atoms with van der Waals surface area (Å²) >= 11 is 0.